The van der Waals surface area contributed by atoms with Crippen molar-refractivity contribution in [2.24, 2.45) is 0 Å². The number of ketones is 1. The maximum Gasteiger partial charge on any atom is 0.134 e. The van der Waals surface area contributed by atoms with E-state index in [1.54, 1.807) is 0 Å². The number of rotatable bonds is 4. The third kappa shape index (κ3) is 2.71. The first kappa shape index (κ1) is 13.0. The zero-order chi connectivity index (χ0) is 12.4. The van der Waals surface area contributed by atoms with E-state index in [1.807, 2.05) is 6.92 Å². The van der Waals surface area contributed by atoms with E-state index in [0.717, 1.165) is 12.5 Å². The number of carbonyl (C=O) groups is 1. The van der Waals surface area contributed by atoms with Gasteiger partial charge in [0.2, 0.25) is 0 Å². The molecule has 2 aliphatic rings. The number of likely N-dealkylation sites (N-methyl/N-ethyl adjacent to an activating group) is 2. The fourth-order valence-electron chi connectivity index (χ4n) is 3.58. The minimum atomic E-state index is 0.419. The van der Waals surface area contributed by atoms with Crippen LogP contribution in [0.2, 0.25) is 0 Å². The largest absolute Gasteiger partial charge is 0.302 e. The van der Waals surface area contributed by atoms with Gasteiger partial charge in [-0.25, -0.2) is 0 Å². The molecule has 2 saturated heterocycles. The molecule has 0 amide bonds. The molecular formula is C14H26N2O. The van der Waals surface area contributed by atoms with E-state index in [0.29, 0.717) is 24.3 Å². The second kappa shape index (κ2) is 5.49. The van der Waals surface area contributed by atoms with Crippen molar-refractivity contribution in [1.82, 2.24) is 9.80 Å². The number of hydrogen-bond acceptors (Lipinski definition) is 3. The average molecular weight is 238 g/mol. The molecule has 98 valence electrons. The van der Waals surface area contributed by atoms with Crippen LogP contribution in [0.15, 0.2) is 0 Å². The molecule has 3 heteroatoms. The summed E-state index contributed by atoms with van der Waals surface area (Å²) >= 11 is 0. The van der Waals surface area contributed by atoms with Crippen molar-refractivity contribution < 1.29 is 4.79 Å². The van der Waals surface area contributed by atoms with Gasteiger partial charge in [0.1, 0.15) is 5.78 Å². The van der Waals surface area contributed by atoms with Gasteiger partial charge in [-0.05, 0) is 46.3 Å². The minimum absolute atomic E-state index is 0.419. The molecule has 0 radical (unpaired) electrons. The molecule has 17 heavy (non-hydrogen) atoms. The highest BCUT2D eigenvalue weighted by Crippen LogP contribution is 2.32. The summed E-state index contributed by atoms with van der Waals surface area (Å²) in [6.45, 7) is 3.22. The maximum absolute atomic E-state index is 11.6. The second-order valence-electron chi connectivity index (χ2n) is 5.75. The number of nitrogens with zero attached hydrogens (tertiary/aromatic N) is 2. The fourth-order valence-corrected chi connectivity index (χ4v) is 3.58. The molecule has 3 nitrogen and oxygen atoms in total. The Morgan fingerprint density at radius 3 is 2.53 bits per heavy atom. The molecule has 2 rings (SSSR count). The lowest BCUT2D eigenvalue weighted by molar-refractivity contribution is -0.119. The molecular weight excluding hydrogens is 212 g/mol. The molecule has 0 aromatic rings. The summed E-state index contributed by atoms with van der Waals surface area (Å²) in [5, 5.41) is 0. The van der Waals surface area contributed by atoms with Gasteiger partial charge in [-0.15, -0.1) is 0 Å². The topological polar surface area (TPSA) is 23.6 Å². The lowest BCUT2D eigenvalue weighted by Crippen LogP contribution is -2.45. The Kier molecular flexibility index (Phi) is 4.21. The van der Waals surface area contributed by atoms with Crippen LogP contribution in [0, 0.1) is 0 Å². The number of Topliss-reactive ketones (excluding diaryl/α,β-unsaturated/α-hetero) is 1. The molecule has 0 aliphatic carbocycles. The molecule has 0 spiro atoms. The summed E-state index contributed by atoms with van der Waals surface area (Å²) in [6, 6.07) is 1.90. The summed E-state index contributed by atoms with van der Waals surface area (Å²) < 4.78 is 0. The van der Waals surface area contributed by atoms with Crippen molar-refractivity contribution in [3.8, 4) is 0 Å². The molecule has 0 aromatic heterocycles. The Labute approximate surface area is 105 Å². The van der Waals surface area contributed by atoms with Gasteiger partial charge in [-0.3, -0.25) is 9.69 Å². The van der Waals surface area contributed by atoms with E-state index in [2.05, 4.69) is 23.9 Å². The van der Waals surface area contributed by atoms with Gasteiger partial charge in [-0.2, -0.15) is 0 Å². The monoisotopic (exact) mass is 238 g/mol. The van der Waals surface area contributed by atoms with Gasteiger partial charge in [0.15, 0.2) is 0 Å². The predicted molar refractivity (Wildman–Crippen MR) is 70.1 cm³/mol. The molecule has 0 N–H and O–H groups in total. The van der Waals surface area contributed by atoms with Crippen LogP contribution < -0.4 is 0 Å². The summed E-state index contributed by atoms with van der Waals surface area (Å²) in [5.41, 5.74) is 0. The number of likely N-dealkylation sites (tertiary alicyclic amines) is 2. The van der Waals surface area contributed by atoms with Gasteiger partial charge < -0.3 is 4.90 Å². The van der Waals surface area contributed by atoms with Gasteiger partial charge in [0.05, 0.1) is 0 Å². The first-order chi connectivity index (χ1) is 8.13. The normalized spacial score (nSPS) is 35.6. The highest BCUT2D eigenvalue weighted by atomic mass is 16.1. The van der Waals surface area contributed by atoms with E-state index < -0.39 is 0 Å². The molecule has 2 heterocycles. The Hall–Kier alpha value is -0.410. The van der Waals surface area contributed by atoms with Crippen LogP contribution in [-0.4, -0.2) is 54.3 Å². The summed E-state index contributed by atoms with van der Waals surface area (Å²) in [4.78, 5) is 16.6. The van der Waals surface area contributed by atoms with Crippen molar-refractivity contribution >= 4 is 5.78 Å². The van der Waals surface area contributed by atoms with Gasteiger partial charge in [0.25, 0.3) is 0 Å². The van der Waals surface area contributed by atoms with Gasteiger partial charge in [-0.1, -0.05) is 6.92 Å². The predicted octanol–water partition coefficient (Wildman–Crippen LogP) is 1.91. The van der Waals surface area contributed by atoms with Crippen LogP contribution in [0.4, 0.5) is 0 Å². The quantitative estimate of drug-likeness (QED) is 0.747. The summed E-state index contributed by atoms with van der Waals surface area (Å²) in [5.74, 6) is 0.419. The third-order valence-corrected chi connectivity index (χ3v) is 4.77. The van der Waals surface area contributed by atoms with Crippen LogP contribution in [0.1, 0.15) is 45.4 Å². The van der Waals surface area contributed by atoms with Crippen molar-refractivity contribution in [2.75, 3.05) is 20.6 Å². The SMILES string of the molecule is CCC(=O)CC1CCC(C2CCCN2C)N1C. The molecule has 0 bridgehead atoms. The van der Waals surface area contributed by atoms with Crippen LogP contribution in [0.5, 0.6) is 0 Å². The first-order valence-corrected chi connectivity index (χ1v) is 7.07. The van der Waals surface area contributed by atoms with E-state index in [9.17, 15) is 4.79 Å². The lowest BCUT2D eigenvalue weighted by Gasteiger charge is -2.33. The lowest BCUT2D eigenvalue weighted by atomic mass is 10.0. The second-order valence-corrected chi connectivity index (χ2v) is 5.75. The van der Waals surface area contributed by atoms with Crippen molar-refractivity contribution in [1.29, 1.82) is 0 Å². The highest BCUT2D eigenvalue weighted by Gasteiger charge is 2.39. The summed E-state index contributed by atoms with van der Waals surface area (Å²) in [6.07, 6.45) is 6.60. The van der Waals surface area contributed by atoms with Gasteiger partial charge >= 0.3 is 0 Å². The molecule has 3 atom stereocenters. The number of carbonyl (C=O) groups excluding carboxylic acids is 1. The van der Waals surface area contributed by atoms with E-state index >= 15 is 0 Å². The molecule has 0 aromatic carbocycles. The molecule has 3 unspecified atom stereocenters. The summed E-state index contributed by atoms with van der Waals surface area (Å²) in [7, 11) is 4.47. The van der Waals surface area contributed by atoms with Gasteiger partial charge in [0, 0.05) is 31.0 Å². The van der Waals surface area contributed by atoms with E-state index in [-0.39, 0.29) is 0 Å². The maximum atomic E-state index is 11.6. The van der Waals surface area contributed by atoms with E-state index in [1.165, 1.54) is 32.2 Å². The molecule has 2 fully saturated rings. The number of hydrogen-bond donors (Lipinski definition) is 0. The van der Waals surface area contributed by atoms with Crippen molar-refractivity contribution in [3.63, 3.8) is 0 Å². The van der Waals surface area contributed by atoms with Crippen LogP contribution >= 0.6 is 0 Å². The zero-order valence-corrected chi connectivity index (χ0v) is 11.5. The minimum Gasteiger partial charge on any atom is -0.302 e. The Morgan fingerprint density at radius 2 is 1.94 bits per heavy atom. The van der Waals surface area contributed by atoms with E-state index in [4.69, 9.17) is 0 Å². The van der Waals surface area contributed by atoms with Crippen LogP contribution in [0.25, 0.3) is 0 Å². The van der Waals surface area contributed by atoms with Crippen LogP contribution in [-0.2, 0) is 4.79 Å². The molecule has 0 saturated carbocycles. The Balaban J connectivity index is 1.92. The fraction of sp³-hybridized carbons (Fsp3) is 0.929. The van der Waals surface area contributed by atoms with Crippen molar-refractivity contribution in [2.45, 2.75) is 63.6 Å². The smallest absolute Gasteiger partial charge is 0.134 e. The average Bonchev–Trinajstić information content (AvgIpc) is 2.87. The third-order valence-electron chi connectivity index (χ3n) is 4.77. The first-order valence-electron chi connectivity index (χ1n) is 7.07. The Bertz CT molecular complexity index is 279. The van der Waals surface area contributed by atoms with Crippen molar-refractivity contribution in [3.05, 3.63) is 0 Å². The highest BCUT2D eigenvalue weighted by molar-refractivity contribution is 5.78. The van der Waals surface area contributed by atoms with Crippen LogP contribution in [0.3, 0.4) is 0 Å². The molecule has 2 aliphatic heterocycles. The Morgan fingerprint density at radius 1 is 1.18 bits per heavy atom. The zero-order valence-electron chi connectivity index (χ0n) is 11.5. The standard InChI is InChI=1S/C14H26N2O/c1-4-12(17)10-11-7-8-14(16(11)3)13-6-5-9-15(13)2/h11,13-14H,4-10H2,1-3H3.